The lowest BCUT2D eigenvalue weighted by Crippen LogP contribution is -2.31. The van der Waals surface area contributed by atoms with Crippen molar-refractivity contribution in [3.63, 3.8) is 0 Å². The van der Waals surface area contributed by atoms with Crippen LogP contribution < -0.4 is 5.32 Å². The summed E-state index contributed by atoms with van der Waals surface area (Å²) in [7, 11) is 0. The molecule has 0 spiro atoms. The summed E-state index contributed by atoms with van der Waals surface area (Å²) in [5.74, 6) is -0.0262. The molecule has 0 unspecified atom stereocenters. The number of amides is 1. The number of alkyl halides is 2. The monoisotopic (exact) mass is 480 g/mol. The Bertz CT molecular complexity index is 1120. The van der Waals surface area contributed by atoms with Gasteiger partial charge in [0.2, 0.25) is 5.91 Å². The molecule has 0 atom stereocenters. The summed E-state index contributed by atoms with van der Waals surface area (Å²) in [6, 6.07) is 1.50. The molecule has 4 rings (SSSR count). The maximum absolute atomic E-state index is 13.6. The van der Waals surface area contributed by atoms with Gasteiger partial charge in [-0.25, -0.2) is 18.4 Å². The second-order valence-electron chi connectivity index (χ2n) is 7.71. The van der Waals surface area contributed by atoms with Crippen LogP contribution >= 0.6 is 15.9 Å². The van der Waals surface area contributed by atoms with Gasteiger partial charge in [-0.1, -0.05) is 0 Å². The van der Waals surface area contributed by atoms with Gasteiger partial charge < -0.3 is 5.32 Å². The fourth-order valence-corrected chi connectivity index (χ4v) is 3.95. The molecular formula is C20H23BrF2N6O. The minimum Gasteiger partial charge on any atom is -0.353 e. The molecule has 7 nitrogen and oxygen atoms in total. The van der Waals surface area contributed by atoms with Crippen LogP contribution in [0.25, 0.3) is 11.0 Å². The topological polar surface area (TPSA) is 77.6 Å². The smallest absolute Gasteiger partial charge is 0.264 e. The molecule has 1 saturated carbocycles. The average molecular weight is 481 g/mol. The molecule has 30 heavy (non-hydrogen) atoms. The van der Waals surface area contributed by atoms with Crippen molar-refractivity contribution in [1.82, 2.24) is 29.9 Å². The van der Waals surface area contributed by atoms with Crippen molar-refractivity contribution >= 4 is 32.9 Å². The van der Waals surface area contributed by atoms with E-state index >= 15 is 0 Å². The second kappa shape index (κ2) is 8.05. The molecule has 3 aromatic heterocycles. The van der Waals surface area contributed by atoms with Gasteiger partial charge in [0.05, 0.1) is 27.8 Å². The van der Waals surface area contributed by atoms with E-state index in [1.807, 2.05) is 18.5 Å². The number of rotatable bonds is 7. The summed E-state index contributed by atoms with van der Waals surface area (Å²) in [6.45, 7) is 6.38. The summed E-state index contributed by atoms with van der Waals surface area (Å²) in [4.78, 5) is 17.0. The zero-order valence-corrected chi connectivity index (χ0v) is 18.6. The molecule has 1 fully saturated rings. The van der Waals surface area contributed by atoms with Gasteiger partial charge in [-0.15, -0.1) is 0 Å². The zero-order chi connectivity index (χ0) is 21.6. The third kappa shape index (κ3) is 3.97. The van der Waals surface area contributed by atoms with Gasteiger partial charge >= 0.3 is 0 Å². The number of aromatic nitrogens is 5. The van der Waals surface area contributed by atoms with Crippen LogP contribution in [0.4, 0.5) is 8.78 Å². The summed E-state index contributed by atoms with van der Waals surface area (Å²) < 4.78 is 31.5. The second-order valence-corrected chi connectivity index (χ2v) is 8.50. The minimum atomic E-state index is -2.61. The first-order chi connectivity index (χ1) is 14.3. The number of carbonyl (C=O) groups is 1. The Morgan fingerprint density at radius 2 is 1.93 bits per heavy atom. The minimum absolute atomic E-state index is 0.0545. The molecule has 1 amide bonds. The largest absolute Gasteiger partial charge is 0.353 e. The van der Waals surface area contributed by atoms with E-state index in [0.717, 1.165) is 28.7 Å². The number of carbonyl (C=O) groups excluding carboxylic acids is 1. The predicted octanol–water partition coefficient (Wildman–Crippen LogP) is 3.95. The highest BCUT2D eigenvalue weighted by Gasteiger charge is 2.29. The van der Waals surface area contributed by atoms with E-state index in [-0.39, 0.29) is 23.9 Å². The van der Waals surface area contributed by atoms with E-state index in [1.165, 1.54) is 10.7 Å². The van der Waals surface area contributed by atoms with Crippen LogP contribution in [-0.4, -0.2) is 37.0 Å². The number of halogens is 3. The lowest BCUT2D eigenvalue weighted by Gasteiger charge is -2.09. The van der Waals surface area contributed by atoms with E-state index < -0.39 is 6.43 Å². The first-order valence-electron chi connectivity index (χ1n) is 9.88. The van der Waals surface area contributed by atoms with Crippen molar-refractivity contribution in [3.8, 4) is 0 Å². The van der Waals surface area contributed by atoms with E-state index in [0.29, 0.717) is 35.5 Å². The molecule has 0 radical (unpaired) electrons. The van der Waals surface area contributed by atoms with E-state index in [1.54, 1.807) is 6.92 Å². The molecule has 3 aromatic rings. The first kappa shape index (κ1) is 20.9. The SMILES string of the molecule is Cc1nn(CCNC(=O)Cn2nc(C)c3c(C(F)F)cc(C4CC4)nc32)c(C)c1Br. The van der Waals surface area contributed by atoms with E-state index in [4.69, 9.17) is 0 Å². The average Bonchev–Trinajstić information content (AvgIpc) is 3.46. The van der Waals surface area contributed by atoms with Crippen molar-refractivity contribution in [2.24, 2.45) is 0 Å². The van der Waals surface area contributed by atoms with Gasteiger partial charge in [-0.3, -0.25) is 9.48 Å². The van der Waals surface area contributed by atoms with Crippen LogP contribution in [0.1, 0.15) is 53.5 Å². The Morgan fingerprint density at radius 1 is 1.23 bits per heavy atom. The Morgan fingerprint density at radius 3 is 2.53 bits per heavy atom. The molecular weight excluding hydrogens is 458 g/mol. The van der Waals surface area contributed by atoms with Gasteiger partial charge in [-0.2, -0.15) is 10.2 Å². The molecule has 0 bridgehead atoms. The standard InChI is InChI=1S/C20H23BrF2N6O/c1-10-17-14(19(22)23)8-15(13-4-5-13)25-20(17)29(26-10)9-16(30)24-6-7-28-12(3)18(21)11(2)27-28/h8,13,19H,4-7,9H2,1-3H3,(H,24,30). The number of fused-ring (bicyclic) bond motifs is 1. The van der Waals surface area contributed by atoms with Gasteiger partial charge in [0, 0.05) is 29.4 Å². The molecule has 1 aliphatic carbocycles. The summed E-state index contributed by atoms with van der Waals surface area (Å²) >= 11 is 3.48. The Kier molecular flexibility index (Phi) is 5.61. The Hall–Kier alpha value is -2.36. The van der Waals surface area contributed by atoms with Crippen molar-refractivity contribution in [2.45, 2.75) is 59.0 Å². The highest BCUT2D eigenvalue weighted by molar-refractivity contribution is 9.10. The maximum atomic E-state index is 13.6. The molecule has 0 saturated heterocycles. The Labute approximate surface area is 181 Å². The quantitative estimate of drug-likeness (QED) is 0.555. The fourth-order valence-electron chi connectivity index (χ4n) is 3.66. The normalized spacial score (nSPS) is 14.1. The Balaban J connectivity index is 1.50. The highest BCUT2D eigenvalue weighted by atomic mass is 79.9. The van der Waals surface area contributed by atoms with Crippen LogP contribution in [-0.2, 0) is 17.9 Å². The van der Waals surface area contributed by atoms with Crippen molar-refractivity contribution < 1.29 is 13.6 Å². The van der Waals surface area contributed by atoms with E-state index in [9.17, 15) is 13.6 Å². The number of nitrogens with zero attached hydrogens (tertiary/aromatic N) is 5. The summed E-state index contributed by atoms with van der Waals surface area (Å²) in [6.07, 6.45) is -0.702. The number of hydrogen-bond acceptors (Lipinski definition) is 4. The number of pyridine rings is 1. The predicted molar refractivity (Wildman–Crippen MR) is 112 cm³/mol. The van der Waals surface area contributed by atoms with Crippen LogP contribution in [0.2, 0.25) is 0 Å². The molecule has 1 aliphatic rings. The van der Waals surface area contributed by atoms with Gasteiger partial charge in [0.15, 0.2) is 5.65 Å². The fraction of sp³-hybridized carbons (Fsp3) is 0.500. The lowest BCUT2D eigenvalue weighted by molar-refractivity contribution is -0.121. The summed E-state index contributed by atoms with van der Waals surface area (Å²) in [5, 5.41) is 11.9. The molecule has 10 heteroatoms. The first-order valence-corrected chi connectivity index (χ1v) is 10.7. The lowest BCUT2D eigenvalue weighted by atomic mass is 10.1. The zero-order valence-electron chi connectivity index (χ0n) is 17.0. The molecule has 160 valence electrons. The highest BCUT2D eigenvalue weighted by Crippen LogP contribution is 2.41. The van der Waals surface area contributed by atoms with Crippen LogP contribution in [0.3, 0.4) is 0 Å². The number of nitrogens with one attached hydrogen (secondary N) is 1. The third-order valence-corrected chi connectivity index (χ3v) is 6.54. The van der Waals surface area contributed by atoms with Gasteiger partial charge in [0.1, 0.15) is 6.54 Å². The molecule has 0 aromatic carbocycles. The van der Waals surface area contributed by atoms with Crippen molar-refractivity contribution in [2.75, 3.05) is 6.54 Å². The van der Waals surface area contributed by atoms with Crippen molar-refractivity contribution in [3.05, 3.63) is 38.9 Å². The maximum Gasteiger partial charge on any atom is 0.264 e. The van der Waals surface area contributed by atoms with Crippen LogP contribution in [0.5, 0.6) is 0 Å². The van der Waals surface area contributed by atoms with Crippen LogP contribution in [0, 0.1) is 20.8 Å². The van der Waals surface area contributed by atoms with Crippen molar-refractivity contribution in [1.29, 1.82) is 0 Å². The molecule has 1 N–H and O–H groups in total. The van der Waals surface area contributed by atoms with E-state index in [2.05, 4.69) is 36.4 Å². The summed E-state index contributed by atoms with van der Waals surface area (Å²) in [5.41, 5.74) is 3.30. The number of aryl methyl sites for hydroxylation is 2. The van der Waals surface area contributed by atoms with Crippen LogP contribution in [0.15, 0.2) is 10.5 Å². The van der Waals surface area contributed by atoms with Gasteiger partial charge in [-0.05, 0) is 55.6 Å². The number of hydrogen-bond donors (Lipinski definition) is 1. The molecule has 3 heterocycles. The third-order valence-electron chi connectivity index (χ3n) is 5.39. The molecule has 0 aliphatic heterocycles. The van der Waals surface area contributed by atoms with Gasteiger partial charge in [0.25, 0.3) is 6.43 Å².